The number of methoxy groups -OCH3 is 1. The van der Waals surface area contributed by atoms with E-state index in [9.17, 15) is 9.90 Å². The SMILES string of the molecule is COc1ccc(CN2CCCCC2C(=O)Nc2ccc(-n3nc(C)cc3C)cc2)cc1O. The molecule has 0 saturated carbocycles. The number of phenolic OH excluding ortho intramolecular Hbond substituents is 1. The fourth-order valence-corrected chi connectivity index (χ4v) is 4.35. The van der Waals surface area contributed by atoms with Gasteiger partial charge in [0.25, 0.3) is 0 Å². The van der Waals surface area contributed by atoms with Crippen LogP contribution in [0.2, 0.25) is 0 Å². The molecular weight excluding hydrogens is 404 g/mol. The standard InChI is InChI=1S/C25H30N4O3/c1-17-14-18(2)29(27-17)21-10-8-20(9-11-21)26-25(31)22-6-4-5-13-28(22)16-19-7-12-24(32-3)23(30)15-19/h7-12,14-15,22,30H,4-6,13,16H2,1-3H3,(H,26,31). The number of aromatic hydroxyl groups is 1. The number of anilines is 1. The van der Waals surface area contributed by atoms with Crippen LogP contribution in [0.25, 0.3) is 5.69 Å². The Morgan fingerprint density at radius 1 is 1.16 bits per heavy atom. The summed E-state index contributed by atoms with van der Waals surface area (Å²) in [4.78, 5) is 15.3. The van der Waals surface area contributed by atoms with Crippen molar-refractivity contribution in [3.63, 3.8) is 0 Å². The van der Waals surface area contributed by atoms with Gasteiger partial charge in [-0.2, -0.15) is 5.10 Å². The summed E-state index contributed by atoms with van der Waals surface area (Å²) in [5, 5.41) is 17.7. The average Bonchev–Trinajstić information content (AvgIpc) is 3.12. The number of likely N-dealkylation sites (tertiary alicyclic amines) is 1. The van der Waals surface area contributed by atoms with E-state index in [0.29, 0.717) is 12.3 Å². The molecule has 1 fully saturated rings. The maximum Gasteiger partial charge on any atom is 0.241 e. The molecule has 1 aromatic heterocycles. The number of benzene rings is 2. The zero-order valence-electron chi connectivity index (χ0n) is 18.8. The Balaban J connectivity index is 1.44. The molecule has 1 unspecified atom stereocenters. The quantitative estimate of drug-likeness (QED) is 0.608. The Labute approximate surface area is 188 Å². The summed E-state index contributed by atoms with van der Waals surface area (Å²) in [7, 11) is 1.53. The highest BCUT2D eigenvalue weighted by Crippen LogP contribution is 2.28. The molecule has 168 valence electrons. The number of amides is 1. The van der Waals surface area contributed by atoms with E-state index in [2.05, 4.69) is 15.3 Å². The van der Waals surface area contributed by atoms with E-state index < -0.39 is 0 Å². The van der Waals surface area contributed by atoms with E-state index in [1.54, 1.807) is 12.1 Å². The highest BCUT2D eigenvalue weighted by molar-refractivity contribution is 5.95. The van der Waals surface area contributed by atoms with Gasteiger partial charge in [-0.1, -0.05) is 12.5 Å². The Hall–Kier alpha value is -3.32. The van der Waals surface area contributed by atoms with Crippen molar-refractivity contribution in [2.45, 2.75) is 45.7 Å². The molecule has 3 aromatic rings. The number of hydrogen-bond acceptors (Lipinski definition) is 5. The van der Waals surface area contributed by atoms with Crippen molar-refractivity contribution < 1.29 is 14.6 Å². The van der Waals surface area contributed by atoms with Crippen LogP contribution in [0, 0.1) is 13.8 Å². The highest BCUT2D eigenvalue weighted by Gasteiger charge is 2.29. The van der Waals surface area contributed by atoms with Crippen LogP contribution in [0.3, 0.4) is 0 Å². The number of nitrogens with one attached hydrogen (secondary N) is 1. The van der Waals surface area contributed by atoms with Gasteiger partial charge >= 0.3 is 0 Å². The molecule has 7 heteroatoms. The molecule has 7 nitrogen and oxygen atoms in total. The minimum absolute atomic E-state index is 0.00120. The lowest BCUT2D eigenvalue weighted by Gasteiger charge is -2.34. The Kier molecular flexibility index (Phi) is 6.46. The van der Waals surface area contributed by atoms with Gasteiger partial charge in [-0.05, 0) is 81.3 Å². The molecule has 0 radical (unpaired) electrons. The normalized spacial score (nSPS) is 16.7. The lowest BCUT2D eigenvalue weighted by atomic mass is 10.00. The van der Waals surface area contributed by atoms with Crippen LogP contribution in [0.1, 0.15) is 36.2 Å². The summed E-state index contributed by atoms with van der Waals surface area (Å²) in [6.45, 7) is 5.45. The first kappa shape index (κ1) is 21.9. The first-order valence-corrected chi connectivity index (χ1v) is 11.0. The van der Waals surface area contributed by atoms with Crippen molar-refractivity contribution in [2.75, 3.05) is 19.0 Å². The largest absolute Gasteiger partial charge is 0.504 e. The van der Waals surface area contributed by atoms with Gasteiger partial charge in [-0.15, -0.1) is 0 Å². The fraction of sp³-hybridized carbons (Fsp3) is 0.360. The molecule has 2 heterocycles. The van der Waals surface area contributed by atoms with Gasteiger partial charge in [0.2, 0.25) is 5.91 Å². The van der Waals surface area contributed by atoms with Crippen LogP contribution in [-0.2, 0) is 11.3 Å². The third kappa shape index (κ3) is 4.78. The third-order valence-corrected chi connectivity index (χ3v) is 5.93. The number of carbonyl (C=O) groups is 1. The third-order valence-electron chi connectivity index (χ3n) is 5.93. The monoisotopic (exact) mass is 434 g/mol. The van der Waals surface area contributed by atoms with Gasteiger partial charge in [0.15, 0.2) is 11.5 Å². The van der Waals surface area contributed by atoms with Crippen molar-refractivity contribution in [2.24, 2.45) is 0 Å². The average molecular weight is 435 g/mol. The molecule has 2 N–H and O–H groups in total. The number of ether oxygens (including phenoxy) is 1. The van der Waals surface area contributed by atoms with Gasteiger partial charge in [0.05, 0.1) is 24.5 Å². The molecule has 4 rings (SSSR count). The van der Waals surface area contributed by atoms with Crippen LogP contribution in [0.4, 0.5) is 5.69 Å². The zero-order valence-corrected chi connectivity index (χ0v) is 18.8. The van der Waals surface area contributed by atoms with E-state index in [1.165, 1.54) is 7.11 Å². The first-order chi connectivity index (χ1) is 15.4. The molecule has 1 atom stereocenters. The van der Waals surface area contributed by atoms with Crippen molar-refractivity contribution in [3.8, 4) is 17.2 Å². The van der Waals surface area contributed by atoms with Gasteiger partial charge in [0.1, 0.15) is 0 Å². The number of aryl methyl sites for hydroxylation is 2. The second-order valence-electron chi connectivity index (χ2n) is 8.36. The lowest BCUT2D eigenvalue weighted by molar-refractivity contribution is -0.122. The minimum atomic E-state index is -0.205. The summed E-state index contributed by atoms with van der Waals surface area (Å²) in [5.41, 5.74) is 4.74. The second-order valence-corrected chi connectivity index (χ2v) is 8.36. The maximum absolute atomic E-state index is 13.1. The van der Waals surface area contributed by atoms with E-state index in [4.69, 9.17) is 4.74 Å². The molecule has 32 heavy (non-hydrogen) atoms. The number of nitrogens with zero attached hydrogens (tertiary/aromatic N) is 3. The first-order valence-electron chi connectivity index (χ1n) is 11.0. The van der Waals surface area contributed by atoms with E-state index in [1.807, 2.05) is 54.9 Å². The summed E-state index contributed by atoms with van der Waals surface area (Å²) in [6, 6.07) is 15.0. The number of aromatic nitrogens is 2. The molecular formula is C25H30N4O3. The summed E-state index contributed by atoms with van der Waals surface area (Å²) in [6.07, 6.45) is 2.90. The molecule has 0 spiro atoms. The Morgan fingerprint density at radius 3 is 2.59 bits per heavy atom. The van der Waals surface area contributed by atoms with Crippen molar-refractivity contribution in [1.82, 2.24) is 14.7 Å². The van der Waals surface area contributed by atoms with E-state index in [0.717, 1.165) is 54.1 Å². The Morgan fingerprint density at radius 2 is 1.94 bits per heavy atom. The van der Waals surface area contributed by atoms with Crippen LogP contribution < -0.4 is 10.1 Å². The van der Waals surface area contributed by atoms with Gasteiger partial charge in [-0.3, -0.25) is 9.69 Å². The number of carbonyl (C=O) groups excluding carboxylic acids is 1. The Bertz CT molecular complexity index is 1090. The molecule has 1 saturated heterocycles. The number of phenols is 1. The van der Waals surface area contributed by atoms with E-state index in [-0.39, 0.29) is 17.7 Å². The molecule has 2 aromatic carbocycles. The van der Waals surface area contributed by atoms with Crippen molar-refractivity contribution in [1.29, 1.82) is 0 Å². The smallest absolute Gasteiger partial charge is 0.241 e. The predicted octanol–water partition coefficient (Wildman–Crippen LogP) is 4.20. The zero-order chi connectivity index (χ0) is 22.7. The van der Waals surface area contributed by atoms with Crippen molar-refractivity contribution in [3.05, 3.63) is 65.5 Å². The molecule has 0 bridgehead atoms. The van der Waals surface area contributed by atoms with Crippen LogP contribution in [-0.4, -0.2) is 45.4 Å². The topological polar surface area (TPSA) is 79.6 Å². The number of rotatable bonds is 6. The lowest BCUT2D eigenvalue weighted by Crippen LogP contribution is -2.46. The summed E-state index contributed by atoms with van der Waals surface area (Å²) in [5.74, 6) is 0.567. The number of hydrogen-bond donors (Lipinski definition) is 2. The van der Waals surface area contributed by atoms with Crippen LogP contribution in [0.5, 0.6) is 11.5 Å². The predicted molar refractivity (Wildman–Crippen MR) is 124 cm³/mol. The van der Waals surface area contributed by atoms with Crippen LogP contribution in [0.15, 0.2) is 48.5 Å². The van der Waals surface area contributed by atoms with Crippen molar-refractivity contribution >= 4 is 11.6 Å². The van der Waals surface area contributed by atoms with Gasteiger partial charge in [0, 0.05) is 17.9 Å². The molecule has 1 aliphatic heterocycles. The molecule has 0 aliphatic carbocycles. The fourth-order valence-electron chi connectivity index (χ4n) is 4.35. The van der Waals surface area contributed by atoms with Crippen LogP contribution >= 0.6 is 0 Å². The van der Waals surface area contributed by atoms with Gasteiger partial charge < -0.3 is 15.2 Å². The highest BCUT2D eigenvalue weighted by atomic mass is 16.5. The van der Waals surface area contributed by atoms with E-state index >= 15 is 0 Å². The molecule has 1 amide bonds. The maximum atomic E-state index is 13.1. The van der Waals surface area contributed by atoms with Gasteiger partial charge in [-0.25, -0.2) is 4.68 Å². The second kappa shape index (κ2) is 9.44. The number of piperidine rings is 1. The molecule has 1 aliphatic rings. The summed E-state index contributed by atoms with van der Waals surface area (Å²) >= 11 is 0. The minimum Gasteiger partial charge on any atom is -0.504 e. The summed E-state index contributed by atoms with van der Waals surface area (Å²) < 4.78 is 7.02.